The van der Waals surface area contributed by atoms with E-state index in [2.05, 4.69) is 4.98 Å². The van der Waals surface area contributed by atoms with Crippen molar-refractivity contribution >= 4 is 22.4 Å². The molecule has 0 saturated heterocycles. The highest BCUT2D eigenvalue weighted by atomic mass is 16.3. The Morgan fingerprint density at radius 1 is 1.00 bits per heavy atom. The Bertz CT molecular complexity index is 840. The first kappa shape index (κ1) is 13.0. The van der Waals surface area contributed by atoms with Crippen molar-refractivity contribution < 1.29 is 35.4 Å². The minimum atomic E-state index is -1.91. The largest absolute Gasteiger partial charge is 0.506 e. The summed E-state index contributed by atoms with van der Waals surface area (Å²) in [6, 6.07) is 2.23. The van der Waals surface area contributed by atoms with E-state index in [4.69, 9.17) is 0 Å². The SMILES string of the molecule is O=C1c2cc3cc(O)c(O)c(O)c3nc2C(O)=C(O)C1O. The number of aromatic nitrogens is 1. The van der Waals surface area contributed by atoms with Crippen molar-refractivity contribution in [1.82, 2.24) is 4.98 Å². The first-order valence-electron chi connectivity index (χ1n) is 5.76. The van der Waals surface area contributed by atoms with E-state index in [0.29, 0.717) is 0 Å². The molecule has 0 aliphatic heterocycles. The summed E-state index contributed by atoms with van der Waals surface area (Å²) >= 11 is 0. The van der Waals surface area contributed by atoms with E-state index in [1.165, 1.54) is 6.07 Å². The molecule has 0 radical (unpaired) electrons. The summed E-state index contributed by atoms with van der Waals surface area (Å²) in [6.45, 7) is 0. The number of carbonyl (C=O) groups is 1. The fraction of sp³-hybridized carbons (Fsp3) is 0.0769. The van der Waals surface area contributed by atoms with Crippen LogP contribution in [0.2, 0.25) is 0 Å². The third-order valence-electron chi connectivity index (χ3n) is 3.28. The molecule has 2 aromatic rings. The third kappa shape index (κ3) is 1.59. The van der Waals surface area contributed by atoms with Gasteiger partial charge in [-0.1, -0.05) is 0 Å². The zero-order chi connectivity index (χ0) is 15.5. The Kier molecular flexibility index (Phi) is 2.47. The van der Waals surface area contributed by atoms with Crippen LogP contribution in [0.4, 0.5) is 0 Å². The number of benzene rings is 1. The van der Waals surface area contributed by atoms with Crippen LogP contribution in [0.15, 0.2) is 17.9 Å². The van der Waals surface area contributed by atoms with E-state index in [-0.39, 0.29) is 22.2 Å². The molecule has 8 nitrogen and oxygen atoms in total. The standard InChI is InChI=1S/C13H9NO7/c15-5-2-3-1-4-7(14-6(3)10(18)9(5)17)11(19)13(21)12(20)8(4)16/h1-2,12,15,17-21H. The van der Waals surface area contributed by atoms with Crippen LogP contribution in [0.3, 0.4) is 0 Å². The monoisotopic (exact) mass is 291 g/mol. The number of phenolic OH excluding ortho intramolecular Hbond substituents is 3. The van der Waals surface area contributed by atoms with Crippen LogP contribution in [0, 0.1) is 0 Å². The lowest BCUT2D eigenvalue weighted by Gasteiger charge is -2.19. The van der Waals surface area contributed by atoms with Crippen molar-refractivity contribution in [3.05, 3.63) is 29.1 Å². The number of hydrogen-bond donors (Lipinski definition) is 6. The number of carbonyl (C=O) groups excluding carboxylic acids is 1. The first-order chi connectivity index (χ1) is 9.82. The van der Waals surface area contributed by atoms with Crippen molar-refractivity contribution in [2.45, 2.75) is 6.10 Å². The van der Waals surface area contributed by atoms with Crippen LogP contribution in [0.25, 0.3) is 16.7 Å². The summed E-state index contributed by atoms with van der Waals surface area (Å²) in [4.78, 5) is 15.7. The molecule has 1 aromatic heterocycles. The van der Waals surface area contributed by atoms with Crippen molar-refractivity contribution in [3.8, 4) is 17.2 Å². The number of aliphatic hydroxyl groups is 3. The lowest BCUT2D eigenvalue weighted by atomic mass is 9.94. The van der Waals surface area contributed by atoms with Gasteiger partial charge >= 0.3 is 0 Å². The third-order valence-corrected chi connectivity index (χ3v) is 3.28. The average Bonchev–Trinajstić information content (AvgIpc) is 2.47. The Balaban J connectivity index is 2.43. The number of rotatable bonds is 0. The van der Waals surface area contributed by atoms with E-state index in [0.717, 1.165) is 6.07 Å². The molecule has 0 spiro atoms. The molecule has 0 bridgehead atoms. The molecular weight excluding hydrogens is 282 g/mol. The number of Topliss-reactive ketones (excluding diaryl/α,β-unsaturated/α-hetero) is 1. The predicted molar refractivity (Wildman–Crippen MR) is 69.3 cm³/mol. The van der Waals surface area contributed by atoms with E-state index >= 15 is 0 Å². The molecule has 1 aliphatic rings. The minimum Gasteiger partial charge on any atom is -0.506 e. The lowest BCUT2D eigenvalue weighted by Crippen LogP contribution is -2.29. The van der Waals surface area contributed by atoms with Gasteiger partial charge in [-0.2, -0.15) is 0 Å². The number of phenols is 3. The highest BCUT2D eigenvalue weighted by molar-refractivity contribution is 6.09. The maximum atomic E-state index is 11.9. The quantitative estimate of drug-likeness (QED) is 0.388. The van der Waals surface area contributed by atoms with Crippen LogP contribution < -0.4 is 0 Å². The summed E-state index contributed by atoms with van der Waals surface area (Å²) < 4.78 is 0. The molecule has 1 aromatic carbocycles. The normalized spacial score (nSPS) is 18.1. The Morgan fingerprint density at radius 3 is 2.33 bits per heavy atom. The number of hydrogen-bond acceptors (Lipinski definition) is 8. The maximum Gasteiger partial charge on any atom is 0.202 e. The molecule has 8 heteroatoms. The van der Waals surface area contributed by atoms with Crippen molar-refractivity contribution in [2.75, 3.05) is 0 Å². The van der Waals surface area contributed by atoms with Crippen molar-refractivity contribution in [2.24, 2.45) is 0 Å². The summed E-state index contributed by atoms with van der Waals surface area (Å²) in [5.41, 5.74) is -0.710. The molecule has 1 atom stereocenters. The van der Waals surface area contributed by atoms with Gasteiger partial charge in [0.1, 0.15) is 11.2 Å². The zero-order valence-electron chi connectivity index (χ0n) is 10.3. The first-order valence-corrected chi connectivity index (χ1v) is 5.76. The van der Waals surface area contributed by atoms with Gasteiger partial charge < -0.3 is 30.6 Å². The lowest BCUT2D eigenvalue weighted by molar-refractivity contribution is 0.0716. The Labute approximate surface area is 116 Å². The molecule has 0 amide bonds. The van der Waals surface area contributed by atoms with Gasteiger partial charge in [0.25, 0.3) is 0 Å². The summed E-state index contributed by atoms with van der Waals surface area (Å²) in [6.07, 6.45) is -1.91. The molecule has 6 N–H and O–H groups in total. The molecule has 0 fully saturated rings. The van der Waals surface area contributed by atoms with Crippen molar-refractivity contribution in [3.63, 3.8) is 0 Å². The van der Waals surface area contributed by atoms with Crippen LogP contribution in [0.5, 0.6) is 17.2 Å². The molecule has 1 heterocycles. The van der Waals surface area contributed by atoms with Gasteiger partial charge in [-0.25, -0.2) is 4.98 Å². The highest BCUT2D eigenvalue weighted by Gasteiger charge is 2.35. The number of aliphatic hydroxyl groups excluding tert-OH is 3. The van der Waals surface area contributed by atoms with Crippen LogP contribution >= 0.6 is 0 Å². The molecule has 1 unspecified atom stereocenters. The molecule has 0 saturated carbocycles. The van der Waals surface area contributed by atoms with E-state index < -0.39 is 40.7 Å². The maximum absolute atomic E-state index is 11.9. The number of aromatic hydroxyl groups is 3. The smallest absolute Gasteiger partial charge is 0.202 e. The second kappa shape index (κ2) is 4.00. The molecule has 1 aliphatic carbocycles. The average molecular weight is 291 g/mol. The second-order valence-corrected chi connectivity index (χ2v) is 4.55. The van der Waals surface area contributed by atoms with Gasteiger partial charge in [0.05, 0.1) is 5.56 Å². The van der Waals surface area contributed by atoms with Gasteiger partial charge in [0.2, 0.25) is 11.5 Å². The Morgan fingerprint density at radius 2 is 1.67 bits per heavy atom. The van der Waals surface area contributed by atoms with Gasteiger partial charge in [-0.3, -0.25) is 4.79 Å². The molecule has 3 rings (SSSR count). The topological polar surface area (TPSA) is 151 Å². The zero-order valence-corrected chi connectivity index (χ0v) is 10.3. The fourth-order valence-electron chi connectivity index (χ4n) is 2.17. The molecule has 108 valence electrons. The molecule has 21 heavy (non-hydrogen) atoms. The fourth-order valence-corrected chi connectivity index (χ4v) is 2.17. The predicted octanol–water partition coefficient (Wildman–Crippen LogP) is 0.693. The van der Waals surface area contributed by atoms with Gasteiger partial charge in [0, 0.05) is 5.39 Å². The number of ketones is 1. The number of fused-ring (bicyclic) bond motifs is 2. The summed E-state index contributed by atoms with van der Waals surface area (Å²) in [5.74, 6) is -4.79. The number of pyridine rings is 1. The molecular formula is C13H9NO7. The van der Waals surface area contributed by atoms with Gasteiger partial charge in [-0.15, -0.1) is 0 Å². The highest BCUT2D eigenvalue weighted by Crippen LogP contribution is 2.42. The summed E-state index contributed by atoms with van der Waals surface area (Å²) in [7, 11) is 0. The van der Waals surface area contributed by atoms with Crippen LogP contribution in [-0.4, -0.2) is 47.5 Å². The number of nitrogens with zero attached hydrogens (tertiary/aromatic N) is 1. The second-order valence-electron chi connectivity index (χ2n) is 4.55. The van der Waals surface area contributed by atoms with E-state index in [1.807, 2.05) is 0 Å². The Hall–Kier alpha value is -3.00. The summed E-state index contributed by atoms with van der Waals surface area (Å²) in [5, 5.41) is 57.5. The van der Waals surface area contributed by atoms with E-state index in [9.17, 15) is 35.4 Å². The van der Waals surface area contributed by atoms with Gasteiger partial charge in [-0.05, 0) is 12.1 Å². The van der Waals surface area contributed by atoms with Crippen LogP contribution in [0.1, 0.15) is 16.1 Å². The minimum absolute atomic E-state index is 0.108. The van der Waals surface area contributed by atoms with Crippen LogP contribution in [-0.2, 0) is 0 Å². The van der Waals surface area contributed by atoms with Crippen molar-refractivity contribution in [1.29, 1.82) is 0 Å². The van der Waals surface area contributed by atoms with E-state index in [1.54, 1.807) is 0 Å². The van der Waals surface area contributed by atoms with Gasteiger partial charge in [0.15, 0.2) is 29.1 Å².